The lowest BCUT2D eigenvalue weighted by Gasteiger charge is -2.26. The largest absolute Gasteiger partial charge is 0.484 e. The molecule has 5 rings (SSSR count). The Morgan fingerprint density at radius 2 is 1.80 bits per heavy atom. The summed E-state index contributed by atoms with van der Waals surface area (Å²) in [4.78, 5) is 21.7. The number of morpholine rings is 1. The van der Waals surface area contributed by atoms with E-state index in [1.165, 1.54) is 17.7 Å². The quantitative estimate of drug-likeness (QED) is 0.535. The van der Waals surface area contributed by atoms with Crippen LogP contribution in [0.25, 0.3) is 0 Å². The van der Waals surface area contributed by atoms with Crippen LogP contribution in [-0.4, -0.2) is 70.3 Å². The molecule has 0 radical (unpaired) electrons. The number of halogens is 1. The van der Waals surface area contributed by atoms with Crippen molar-refractivity contribution >= 4 is 5.91 Å². The zero-order chi connectivity index (χ0) is 24.0. The number of rotatable bonds is 8. The van der Waals surface area contributed by atoms with E-state index in [2.05, 4.69) is 20.1 Å². The van der Waals surface area contributed by atoms with Crippen LogP contribution < -0.4 is 4.74 Å². The van der Waals surface area contributed by atoms with E-state index in [1.54, 1.807) is 17.0 Å². The zero-order valence-electron chi connectivity index (χ0n) is 19.7. The monoisotopic (exact) mass is 479 g/mol. The Kier molecular flexibility index (Phi) is 7.34. The highest BCUT2D eigenvalue weighted by Crippen LogP contribution is 2.30. The lowest BCUT2D eigenvalue weighted by molar-refractivity contribution is -0.134. The number of aromatic nitrogens is 3. The molecule has 2 aliphatic heterocycles. The number of carbonyl (C=O) groups excluding carboxylic acids is 1. The molecule has 0 unspecified atom stereocenters. The van der Waals surface area contributed by atoms with Crippen molar-refractivity contribution in [1.82, 2.24) is 25.0 Å². The van der Waals surface area contributed by atoms with Gasteiger partial charge in [0.2, 0.25) is 0 Å². The second-order valence-electron chi connectivity index (χ2n) is 9.01. The minimum Gasteiger partial charge on any atom is -0.484 e. The molecule has 9 heteroatoms. The maximum atomic E-state index is 13.1. The van der Waals surface area contributed by atoms with Gasteiger partial charge < -0.3 is 14.4 Å². The second-order valence-corrected chi connectivity index (χ2v) is 9.01. The highest BCUT2D eigenvalue weighted by molar-refractivity contribution is 5.78. The van der Waals surface area contributed by atoms with E-state index in [4.69, 9.17) is 9.47 Å². The number of likely N-dealkylation sites (tertiary alicyclic amines) is 1. The molecule has 2 saturated heterocycles. The van der Waals surface area contributed by atoms with E-state index in [0.717, 1.165) is 51.3 Å². The van der Waals surface area contributed by atoms with Crippen molar-refractivity contribution in [2.24, 2.45) is 0 Å². The van der Waals surface area contributed by atoms with Gasteiger partial charge >= 0.3 is 0 Å². The standard InChI is InChI=1S/C26H30FN5O3/c27-21-7-3-19(4-8-21)16-24-28-26(30-29-24)23-2-1-11-32(23)25(33)18-35-22-9-5-20(6-10-22)17-31-12-14-34-15-13-31/h3-10,23H,1-2,11-18H2,(H,28,29,30)/t23-/m0/s1. The number of H-pyrrole nitrogens is 1. The Labute approximate surface area is 204 Å². The predicted molar refractivity (Wildman–Crippen MR) is 127 cm³/mol. The van der Waals surface area contributed by atoms with Crippen molar-refractivity contribution in [1.29, 1.82) is 0 Å². The number of benzene rings is 2. The maximum absolute atomic E-state index is 13.1. The number of carbonyl (C=O) groups is 1. The SMILES string of the molecule is O=C(COc1ccc(CN2CCOCC2)cc1)N1CCC[C@H]1c1n[nH]c(Cc2ccc(F)cc2)n1. The van der Waals surface area contributed by atoms with Gasteiger partial charge in [0.15, 0.2) is 12.4 Å². The molecule has 1 aromatic heterocycles. The van der Waals surface area contributed by atoms with Gasteiger partial charge in [0.1, 0.15) is 17.4 Å². The molecule has 0 saturated carbocycles. The minimum absolute atomic E-state index is 0.0217. The molecular formula is C26H30FN5O3. The highest BCUT2D eigenvalue weighted by Gasteiger charge is 2.33. The second kappa shape index (κ2) is 11.0. The van der Waals surface area contributed by atoms with Crippen LogP contribution in [0, 0.1) is 5.82 Å². The molecule has 184 valence electrons. The molecule has 8 nitrogen and oxygen atoms in total. The number of aromatic amines is 1. The molecule has 35 heavy (non-hydrogen) atoms. The number of nitrogens with zero attached hydrogens (tertiary/aromatic N) is 4. The zero-order valence-corrected chi connectivity index (χ0v) is 19.7. The van der Waals surface area contributed by atoms with Gasteiger partial charge in [-0.25, -0.2) is 9.37 Å². The number of amides is 1. The fourth-order valence-corrected chi connectivity index (χ4v) is 4.60. The van der Waals surface area contributed by atoms with Gasteiger partial charge in [-0.2, -0.15) is 5.10 Å². The molecule has 0 spiro atoms. The van der Waals surface area contributed by atoms with Gasteiger partial charge in [-0.15, -0.1) is 0 Å². The van der Waals surface area contributed by atoms with E-state index in [1.807, 2.05) is 24.3 Å². The fraction of sp³-hybridized carbons (Fsp3) is 0.423. The summed E-state index contributed by atoms with van der Waals surface area (Å²) in [5.74, 6) is 1.65. The number of hydrogen-bond donors (Lipinski definition) is 1. The third-order valence-corrected chi connectivity index (χ3v) is 6.50. The Bertz CT molecular complexity index is 1110. The minimum atomic E-state index is -0.265. The third kappa shape index (κ3) is 6.04. The van der Waals surface area contributed by atoms with Crippen LogP contribution in [-0.2, 0) is 22.5 Å². The topological polar surface area (TPSA) is 83.6 Å². The molecule has 1 N–H and O–H groups in total. The first-order valence-corrected chi connectivity index (χ1v) is 12.1. The Balaban J connectivity index is 1.14. The summed E-state index contributed by atoms with van der Waals surface area (Å²) < 4.78 is 24.3. The van der Waals surface area contributed by atoms with E-state index in [9.17, 15) is 9.18 Å². The van der Waals surface area contributed by atoms with Gasteiger partial charge in [0.25, 0.3) is 5.91 Å². The van der Waals surface area contributed by atoms with Crippen molar-refractivity contribution in [2.75, 3.05) is 39.5 Å². The van der Waals surface area contributed by atoms with Crippen molar-refractivity contribution in [3.8, 4) is 5.75 Å². The van der Waals surface area contributed by atoms with Crippen LogP contribution in [0.4, 0.5) is 4.39 Å². The van der Waals surface area contributed by atoms with Crippen LogP contribution in [0.1, 0.15) is 41.7 Å². The summed E-state index contributed by atoms with van der Waals surface area (Å²) in [6, 6.07) is 14.1. The van der Waals surface area contributed by atoms with Crippen molar-refractivity contribution < 1.29 is 18.7 Å². The molecule has 3 heterocycles. The van der Waals surface area contributed by atoms with Gasteiger partial charge in [0.05, 0.1) is 19.3 Å². The molecule has 2 aliphatic rings. The van der Waals surface area contributed by atoms with Crippen LogP contribution in [0.15, 0.2) is 48.5 Å². The summed E-state index contributed by atoms with van der Waals surface area (Å²) in [5, 5.41) is 7.33. The average Bonchev–Trinajstić information content (AvgIpc) is 3.55. The third-order valence-electron chi connectivity index (χ3n) is 6.50. The van der Waals surface area contributed by atoms with Crippen molar-refractivity contribution in [2.45, 2.75) is 31.8 Å². The summed E-state index contributed by atoms with van der Waals surface area (Å²) in [6.07, 6.45) is 2.24. The summed E-state index contributed by atoms with van der Waals surface area (Å²) in [6.45, 7) is 4.98. The predicted octanol–water partition coefficient (Wildman–Crippen LogP) is 3.11. The Hall–Kier alpha value is -3.30. The van der Waals surface area contributed by atoms with Crippen LogP contribution in [0.3, 0.4) is 0 Å². The maximum Gasteiger partial charge on any atom is 0.261 e. The molecule has 0 bridgehead atoms. The Morgan fingerprint density at radius 1 is 1.06 bits per heavy atom. The fourth-order valence-electron chi connectivity index (χ4n) is 4.60. The molecule has 1 atom stereocenters. The van der Waals surface area contributed by atoms with Gasteiger partial charge in [-0.1, -0.05) is 24.3 Å². The molecule has 3 aromatic rings. The summed E-state index contributed by atoms with van der Waals surface area (Å²) in [5.41, 5.74) is 2.16. The van der Waals surface area contributed by atoms with Crippen LogP contribution in [0.5, 0.6) is 5.75 Å². The normalized spacial score (nSPS) is 18.7. The first kappa shape index (κ1) is 23.4. The lowest BCUT2D eigenvalue weighted by Crippen LogP contribution is -2.35. The molecule has 2 aromatic carbocycles. The highest BCUT2D eigenvalue weighted by atomic mass is 19.1. The summed E-state index contributed by atoms with van der Waals surface area (Å²) >= 11 is 0. The molecule has 1 amide bonds. The van der Waals surface area contributed by atoms with Crippen LogP contribution >= 0.6 is 0 Å². The first-order valence-electron chi connectivity index (χ1n) is 12.1. The van der Waals surface area contributed by atoms with Crippen LogP contribution in [0.2, 0.25) is 0 Å². The van der Waals surface area contributed by atoms with E-state index < -0.39 is 0 Å². The van der Waals surface area contributed by atoms with Gasteiger partial charge in [0, 0.05) is 32.6 Å². The van der Waals surface area contributed by atoms with Crippen molar-refractivity contribution in [3.05, 3.63) is 77.1 Å². The average molecular weight is 480 g/mol. The smallest absolute Gasteiger partial charge is 0.261 e. The van der Waals surface area contributed by atoms with Gasteiger partial charge in [-0.05, 0) is 48.2 Å². The number of nitrogens with one attached hydrogen (secondary N) is 1. The van der Waals surface area contributed by atoms with Gasteiger partial charge in [-0.3, -0.25) is 14.8 Å². The molecular weight excluding hydrogens is 449 g/mol. The lowest BCUT2D eigenvalue weighted by atomic mass is 10.1. The molecule has 2 fully saturated rings. The van der Waals surface area contributed by atoms with E-state index >= 15 is 0 Å². The van der Waals surface area contributed by atoms with E-state index in [-0.39, 0.29) is 24.4 Å². The first-order chi connectivity index (χ1) is 17.1. The summed E-state index contributed by atoms with van der Waals surface area (Å²) in [7, 11) is 0. The van der Waals surface area contributed by atoms with E-state index in [0.29, 0.717) is 30.4 Å². The number of ether oxygens (including phenoxy) is 2. The Morgan fingerprint density at radius 3 is 2.57 bits per heavy atom. The number of hydrogen-bond acceptors (Lipinski definition) is 6. The molecule has 0 aliphatic carbocycles. The van der Waals surface area contributed by atoms with Crippen molar-refractivity contribution in [3.63, 3.8) is 0 Å².